The summed E-state index contributed by atoms with van der Waals surface area (Å²) in [6, 6.07) is 18.5. The van der Waals surface area contributed by atoms with Crippen LogP contribution in [-0.4, -0.2) is 61.7 Å². The molecule has 13 heteroatoms. The molecule has 1 saturated heterocycles. The highest BCUT2D eigenvalue weighted by atomic mass is 79.9. The highest BCUT2D eigenvalue weighted by Crippen LogP contribution is 2.29. The summed E-state index contributed by atoms with van der Waals surface area (Å²) in [5.74, 6) is -1.80. The van der Waals surface area contributed by atoms with E-state index in [4.69, 9.17) is 0 Å². The van der Waals surface area contributed by atoms with Crippen molar-refractivity contribution < 1.29 is 18.4 Å². The lowest BCUT2D eigenvalue weighted by atomic mass is 10.1. The Kier molecular flexibility index (Phi) is 7.62. The maximum Gasteiger partial charge on any atom is 0.266 e. The highest BCUT2D eigenvalue weighted by Gasteiger charge is 2.32. The van der Waals surface area contributed by atoms with E-state index in [1.165, 1.54) is 33.4 Å². The van der Waals surface area contributed by atoms with Gasteiger partial charge < -0.3 is 5.32 Å². The van der Waals surface area contributed by atoms with Crippen LogP contribution in [0.2, 0.25) is 0 Å². The smallest absolute Gasteiger partial charge is 0.266 e. The Labute approximate surface area is 284 Å². The Balaban J connectivity index is 0.000000145. The molecule has 49 heavy (non-hydrogen) atoms. The topological polar surface area (TPSA) is 119 Å². The summed E-state index contributed by atoms with van der Waals surface area (Å²) in [4.78, 5) is 61.8. The summed E-state index contributed by atoms with van der Waals surface area (Å²) in [5, 5.41) is 4.84. The lowest BCUT2D eigenvalue weighted by Crippen LogP contribution is -2.42. The minimum Gasteiger partial charge on any atom is -0.314 e. The molecule has 6 aromatic rings. The third-order valence-corrected chi connectivity index (χ3v) is 9.58. The second-order valence-electron chi connectivity index (χ2n) is 12.0. The number of halogens is 3. The SMILES string of the molecule is O=C1c2cc(F)ccc2-n2c1nc1ccc(CBr)cc1c2=O.O=C1c2cc(F)ccc2-n2c1nc1ccc(CN3CCNCC3)cc1c2=O. The van der Waals surface area contributed by atoms with Crippen molar-refractivity contribution >= 4 is 49.3 Å². The quantitative estimate of drug-likeness (QED) is 0.266. The molecule has 0 radical (unpaired) electrons. The Hall–Kier alpha value is -5.24. The first kappa shape index (κ1) is 31.1. The number of piperazine rings is 1. The summed E-state index contributed by atoms with van der Waals surface area (Å²) >= 11 is 3.35. The molecular weight excluding hydrogens is 698 g/mol. The van der Waals surface area contributed by atoms with Crippen molar-refractivity contribution in [2.45, 2.75) is 11.9 Å². The number of hydrogen-bond donors (Lipinski definition) is 1. The van der Waals surface area contributed by atoms with Crippen LogP contribution in [-0.2, 0) is 11.9 Å². The van der Waals surface area contributed by atoms with E-state index >= 15 is 0 Å². The molecule has 0 bridgehead atoms. The molecule has 5 heterocycles. The van der Waals surface area contributed by atoms with Crippen LogP contribution in [0.3, 0.4) is 0 Å². The van der Waals surface area contributed by atoms with Crippen LogP contribution in [0.5, 0.6) is 0 Å². The zero-order valence-corrected chi connectivity index (χ0v) is 27.3. The minimum absolute atomic E-state index is 0.0321. The molecule has 244 valence electrons. The molecule has 1 N–H and O–H groups in total. The first-order chi connectivity index (χ1) is 23.7. The normalized spacial score (nSPS) is 14.8. The van der Waals surface area contributed by atoms with Crippen LogP contribution in [0.25, 0.3) is 33.2 Å². The number of aromatic nitrogens is 4. The predicted molar refractivity (Wildman–Crippen MR) is 182 cm³/mol. The van der Waals surface area contributed by atoms with Gasteiger partial charge in [0.15, 0.2) is 11.6 Å². The van der Waals surface area contributed by atoms with Gasteiger partial charge in [-0.3, -0.25) is 33.2 Å². The van der Waals surface area contributed by atoms with Crippen molar-refractivity contribution in [1.29, 1.82) is 0 Å². The van der Waals surface area contributed by atoms with Crippen LogP contribution in [0.4, 0.5) is 8.78 Å². The van der Waals surface area contributed by atoms with Crippen LogP contribution >= 0.6 is 15.9 Å². The monoisotopic (exact) mass is 722 g/mol. The molecule has 0 amide bonds. The average Bonchev–Trinajstić information content (AvgIpc) is 3.55. The molecule has 10 nitrogen and oxygen atoms in total. The number of rotatable bonds is 3. The van der Waals surface area contributed by atoms with Crippen molar-refractivity contribution in [2.75, 3.05) is 26.2 Å². The van der Waals surface area contributed by atoms with E-state index in [2.05, 4.69) is 36.1 Å². The fraction of sp³-hybridized carbons (Fsp3) is 0.167. The third-order valence-electron chi connectivity index (χ3n) is 8.93. The van der Waals surface area contributed by atoms with Gasteiger partial charge in [0.2, 0.25) is 11.6 Å². The van der Waals surface area contributed by atoms with Crippen LogP contribution in [0.1, 0.15) is 43.5 Å². The molecule has 2 aromatic heterocycles. The molecule has 3 aliphatic heterocycles. The van der Waals surface area contributed by atoms with Gasteiger partial charge in [0.25, 0.3) is 11.1 Å². The molecule has 0 unspecified atom stereocenters. The fourth-order valence-electron chi connectivity index (χ4n) is 6.54. The summed E-state index contributed by atoms with van der Waals surface area (Å²) in [7, 11) is 0. The zero-order valence-electron chi connectivity index (χ0n) is 25.7. The molecular formula is C36H25BrF2N6O4. The van der Waals surface area contributed by atoms with E-state index in [0.717, 1.165) is 56.0 Å². The van der Waals surface area contributed by atoms with Gasteiger partial charge in [0, 0.05) is 38.1 Å². The van der Waals surface area contributed by atoms with Gasteiger partial charge in [-0.05, 0) is 71.8 Å². The van der Waals surface area contributed by atoms with Gasteiger partial charge in [-0.1, -0.05) is 28.1 Å². The standard InChI is InChI=1S/C20H17FN4O2.C16H8BrFN2O2/c21-13-2-4-17-15(10-13)18(26)19-23-16-3-1-12(9-14(16)20(27)25(17)19)11-24-7-5-22-6-8-24;17-7-8-1-3-12-10(5-8)16(22)20-13-4-2-9(18)6-11(13)14(21)15(20)19-12/h1-4,9-10,22H,5-8,11H2;1-6H,7H2. The highest BCUT2D eigenvalue weighted by molar-refractivity contribution is 9.08. The average molecular weight is 724 g/mol. The predicted octanol–water partition coefficient (Wildman–Crippen LogP) is 4.44. The summed E-state index contributed by atoms with van der Waals surface area (Å²) in [5.41, 5.74) is 3.42. The van der Waals surface area contributed by atoms with E-state index < -0.39 is 23.2 Å². The number of nitrogens with one attached hydrogen (secondary N) is 1. The van der Waals surface area contributed by atoms with Crippen molar-refractivity contribution in [3.05, 3.63) is 139 Å². The van der Waals surface area contributed by atoms with Gasteiger partial charge in [0.1, 0.15) is 11.6 Å². The zero-order chi connectivity index (χ0) is 34.0. The molecule has 1 fully saturated rings. The molecule has 0 spiro atoms. The van der Waals surface area contributed by atoms with E-state index in [1.54, 1.807) is 18.2 Å². The van der Waals surface area contributed by atoms with Crippen LogP contribution < -0.4 is 16.4 Å². The summed E-state index contributed by atoms with van der Waals surface area (Å²) < 4.78 is 29.5. The number of carbonyl (C=O) groups excluding carboxylic acids is 2. The molecule has 0 saturated carbocycles. The number of hydrogen-bond acceptors (Lipinski definition) is 8. The molecule has 4 aromatic carbocycles. The second-order valence-corrected chi connectivity index (χ2v) is 12.6. The first-order valence-electron chi connectivity index (χ1n) is 15.5. The van der Waals surface area contributed by atoms with Crippen molar-refractivity contribution in [2.24, 2.45) is 0 Å². The molecule has 0 atom stereocenters. The van der Waals surface area contributed by atoms with Crippen LogP contribution in [0.15, 0.2) is 82.4 Å². The van der Waals surface area contributed by atoms with Gasteiger partial charge in [-0.25, -0.2) is 18.7 Å². The van der Waals surface area contributed by atoms with E-state index in [0.29, 0.717) is 38.5 Å². The Morgan fingerprint density at radius 1 is 0.653 bits per heavy atom. The number of nitrogens with zero attached hydrogens (tertiary/aromatic N) is 5. The van der Waals surface area contributed by atoms with E-state index in [1.807, 2.05) is 18.2 Å². The minimum atomic E-state index is -0.515. The molecule has 0 aliphatic carbocycles. The number of fused-ring (bicyclic) bond motifs is 8. The Morgan fingerprint density at radius 2 is 1.14 bits per heavy atom. The second kappa shape index (κ2) is 12.0. The largest absolute Gasteiger partial charge is 0.314 e. The number of alkyl halides is 1. The fourth-order valence-corrected chi connectivity index (χ4v) is 6.89. The molecule has 3 aliphatic rings. The van der Waals surface area contributed by atoms with Gasteiger partial charge in [-0.15, -0.1) is 0 Å². The summed E-state index contributed by atoms with van der Waals surface area (Å²) in [6.45, 7) is 4.61. The maximum absolute atomic E-state index is 13.5. The number of carbonyl (C=O) groups is 2. The van der Waals surface area contributed by atoms with E-state index in [-0.39, 0.29) is 33.9 Å². The van der Waals surface area contributed by atoms with Crippen molar-refractivity contribution in [1.82, 2.24) is 29.3 Å². The van der Waals surface area contributed by atoms with Gasteiger partial charge in [-0.2, -0.15) is 0 Å². The summed E-state index contributed by atoms with van der Waals surface area (Å²) in [6.07, 6.45) is 0. The first-order valence-corrected chi connectivity index (χ1v) is 16.6. The van der Waals surface area contributed by atoms with E-state index in [9.17, 15) is 28.0 Å². The molecule has 9 rings (SSSR count). The van der Waals surface area contributed by atoms with Crippen LogP contribution in [0, 0.1) is 11.6 Å². The number of ketones is 2. The van der Waals surface area contributed by atoms with Crippen molar-refractivity contribution in [3.8, 4) is 11.4 Å². The Morgan fingerprint density at radius 3 is 1.65 bits per heavy atom. The van der Waals surface area contributed by atoms with Gasteiger partial charge in [0.05, 0.1) is 44.3 Å². The Bertz CT molecular complexity index is 2530. The lowest BCUT2D eigenvalue weighted by Gasteiger charge is -2.27. The lowest BCUT2D eigenvalue weighted by molar-refractivity contribution is 0.102. The van der Waals surface area contributed by atoms with Gasteiger partial charge >= 0.3 is 0 Å². The number of benzene rings is 4. The maximum atomic E-state index is 13.5. The third kappa shape index (κ3) is 5.21. The van der Waals surface area contributed by atoms with Crippen molar-refractivity contribution in [3.63, 3.8) is 0 Å².